The van der Waals surface area contributed by atoms with Gasteiger partial charge in [-0.2, -0.15) is 0 Å². The van der Waals surface area contributed by atoms with Gasteiger partial charge in [-0.3, -0.25) is 4.68 Å². The molecule has 0 aromatic carbocycles. The molecular formula is C10H18N4O. The molecule has 5 nitrogen and oxygen atoms in total. The zero-order chi connectivity index (χ0) is 10.5. The first kappa shape index (κ1) is 10.6. The summed E-state index contributed by atoms with van der Waals surface area (Å²) in [5.41, 5.74) is 0.897. The number of nitrogens with one attached hydrogen (secondary N) is 1. The molecule has 15 heavy (non-hydrogen) atoms. The van der Waals surface area contributed by atoms with E-state index < -0.39 is 0 Å². The maximum absolute atomic E-state index is 5.59. The third-order valence-corrected chi connectivity index (χ3v) is 2.63. The van der Waals surface area contributed by atoms with E-state index >= 15 is 0 Å². The van der Waals surface area contributed by atoms with E-state index in [2.05, 4.69) is 15.6 Å². The minimum atomic E-state index is 0.524. The Balaban J connectivity index is 1.65. The highest BCUT2D eigenvalue weighted by atomic mass is 16.5. The second kappa shape index (κ2) is 5.23. The number of piperidine rings is 1. The summed E-state index contributed by atoms with van der Waals surface area (Å²) >= 11 is 0. The van der Waals surface area contributed by atoms with Crippen molar-refractivity contribution >= 4 is 0 Å². The number of nitrogens with zero attached hydrogens (tertiary/aromatic N) is 3. The summed E-state index contributed by atoms with van der Waals surface area (Å²) in [7, 11) is 1.86. The fraction of sp³-hybridized carbons (Fsp3) is 0.800. The fourth-order valence-electron chi connectivity index (χ4n) is 1.83. The lowest BCUT2D eigenvalue weighted by molar-refractivity contribution is 0.0890. The van der Waals surface area contributed by atoms with Crippen molar-refractivity contribution in [1.29, 1.82) is 0 Å². The van der Waals surface area contributed by atoms with Crippen LogP contribution in [0.3, 0.4) is 0 Å². The molecule has 2 heterocycles. The third-order valence-electron chi connectivity index (χ3n) is 2.63. The van der Waals surface area contributed by atoms with Gasteiger partial charge < -0.3 is 10.1 Å². The third kappa shape index (κ3) is 3.28. The topological polar surface area (TPSA) is 52.0 Å². The molecule has 2 rings (SSSR count). The van der Waals surface area contributed by atoms with Gasteiger partial charge in [0.15, 0.2) is 0 Å². The quantitative estimate of drug-likeness (QED) is 0.785. The van der Waals surface area contributed by atoms with E-state index in [0.717, 1.165) is 18.8 Å². The molecule has 1 aromatic rings. The number of hydrogen-bond donors (Lipinski definition) is 1. The van der Waals surface area contributed by atoms with Crippen LogP contribution in [0.5, 0.6) is 0 Å². The first-order chi connectivity index (χ1) is 7.34. The minimum absolute atomic E-state index is 0.524. The molecule has 5 heteroatoms. The fourth-order valence-corrected chi connectivity index (χ4v) is 1.83. The SMILES string of the molecule is Cn1cc(COCC2CCCCN2)nn1. The summed E-state index contributed by atoms with van der Waals surface area (Å²) in [6, 6.07) is 0.524. The van der Waals surface area contributed by atoms with Crippen molar-refractivity contribution in [3.63, 3.8) is 0 Å². The molecule has 1 saturated heterocycles. The summed E-state index contributed by atoms with van der Waals surface area (Å²) in [4.78, 5) is 0. The largest absolute Gasteiger partial charge is 0.373 e. The molecule has 84 valence electrons. The lowest BCUT2D eigenvalue weighted by Gasteiger charge is -2.22. The van der Waals surface area contributed by atoms with E-state index in [-0.39, 0.29) is 0 Å². The lowest BCUT2D eigenvalue weighted by atomic mass is 10.1. The average Bonchev–Trinajstić information content (AvgIpc) is 2.66. The van der Waals surface area contributed by atoms with Gasteiger partial charge in [-0.25, -0.2) is 0 Å². The molecule has 1 N–H and O–H groups in total. The highest BCUT2D eigenvalue weighted by Crippen LogP contribution is 2.07. The first-order valence-corrected chi connectivity index (χ1v) is 5.51. The normalized spacial score (nSPS) is 21.8. The Hall–Kier alpha value is -0.940. The summed E-state index contributed by atoms with van der Waals surface area (Å²) in [5, 5.41) is 11.3. The second-order valence-corrected chi connectivity index (χ2v) is 4.05. The summed E-state index contributed by atoms with van der Waals surface area (Å²) in [6.45, 7) is 2.46. The van der Waals surface area contributed by atoms with E-state index in [1.165, 1.54) is 19.3 Å². The smallest absolute Gasteiger partial charge is 0.108 e. The van der Waals surface area contributed by atoms with Crippen LogP contribution in [0.1, 0.15) is 25.0 Å². The van der Waals surface area contributed by atoms with Crippen molar-refractivity contribution in [3.05, 3.63) is 11.9 Å². The molecule has 0 spiro atoms. The Kier molecular flexibility index (Phi) is 3.69. The van der Waals surface area contributed by atoms with Gasteiger partial charge in [-0.1, -0.05) is 11.6 Å². The van der Waals surface area contributed by atoms with Gasteiger partial charge in [0.1, 0.15) is 5.69 Å². The molecule has 0 saturated carbocycles. The van der Waals surface area contributed by atoms with Crippen LogP contribution >= 0.6 is 0 Å². The Labute approximate surface area is 89.8 Å². The van der Waals surface area contributed by atoms with Crippen LogP contribution in [-0.2, 0) is 18.4 Å². The molecule has 0 aliphatic carbocycles. The Morgan fingerprint density at radius 3 is 3.20 bits per heavy atom. The Bertz CT molecular complexity index is 293. The minimum Gasteiger partial charge on any atom is -0.373 e. The number of aryl methyl sites for hydroxylation is 1. The van der Waals surface area contributed by atoms with E-state index in [1.54, 1.807) is 4.68 Å². The van der Waals surface area contributed by atoms with Gasteiger partial charge in [0, 0.05) is 13.1 Å². The average molecular weight is 210 g/mol. The predicted octanol–water partition coefficient (Wildman–Crippen LogP) is 0.474. The van der Waals surface area contributed by atoms with Crippen LogP contribution in [0.4, 0.5) is 0 Å². The van der Waals surface area contributed by atoms with Gasteiger partial charge in [-0.05, 0) is 19.4 Å². The highest BCUT2D eigenvalue weighted by Gasteiger charge is 2.12. The highest BCUT2D eigenvalue weighted by molar-refractivity contribution is 4.88. The molecule has 0 bridgehead atoms. The van der Waals surface area contributed by atoms with Gasteiger partial charge in [-0.15, -0.1) is 5.10 Å². The van der Waals surface area contributed by atoms with Crippen molar-refractivity contribution < 1.29 is 4.74 Å². The van der Waals surface area contributed by atoms with Crippen LogP contribution in [0.15, 0.2) is 6.20 Å². The van der Waals surface area contributed by atoms with E-state index in [9.17, 15) is 0 Å². The van der Waals surface area contributed by atoms with Crippen molar-refractivity contribution in [2.45, 2.75) is 31.9 Å². The molecule has 1 aromatic heterocycles. The molecular weight excluding hydrogens is 192 g/mol. The molecule has 1 aliphatic heterocycles. The van der Waals surface area contributed by atoms with Gasteiger partial charge in [0.25, 0.3) is 0 Å². The van der Waals surface area contributed by atoms with Crippen molar-refractivity contribution in [1.82, 2.24) is 20.3 Å². The molecule has 1 aliphatic rings. The van der Waals surface area contributed by atoms with E-state index in [0.29, 0.717) is 12.6 Å². The summed E-state index contributed by atoms with van der Waals surface area (Å²) < 4.78 is 7.29. The summed E-state index contributed by atoms with van der Waals surface area (Å²) in [5.74, 6) is 0. The maximum Gasteiger partial charge on any atom is 0.108 e. The molecule has 0 radical (unpaired) electrons. The van der Waals surface area contributed by atoms with Gasteiger partial charge in [0.05, 0.1) is 19.4 Å². The molecule has 1 unspecified atom stereocenters. The van der Waals surface area contributed by atoms with E-state index in [1.807, 2.05) is 13.2 Å². The van der Waals surface area contributed by atoms with Crippen molar-refractivity contribution in [2.24, 2.45) is 7.05 Å². The van der Waals surface area contributed by atoms with Gasteiger partial charge >= 0.3 is 0 Å². The number of hydrogen-bond acceptors (Lipinski definition) is 4. The number of ether oxygens (including phenoxy) is 1. The maximum atomic E-state index is 5.59. The predicted molar refractivity (Wildman–Crippen MR) is 56.3 cm³/mol. The zero-order valence-corrected chi connectivity index (χ0v) is 9.15. The van der Waals surface area contributed by atoms with E-state index in [4.69, 9.17) is 4.74 Å². The lowest BCUT2D eigenvalue weighted by Crippen LogP contribution is -2.37. The molecule has 1 fully saturated rings. The van der Waals surface area contributed by atoms with Crippen LogP contribution in [0.2, 0.25) is 0 Å². The van der Waals surface area contributed by atoms with Crippen molar-refractivity contribution in [2.75, 3.05) is 13.2 Å². The van der Waals surface area contributed by atoms with Crippen LogP contribution in [0.25, 0.3) is 0 Å². The Morgan fingerprint density at radius 1 is 1.60 bits per heavy atom. The number of rotatable bonds is 4. The van der Waals surface area contributed by atoms with Crippen LogP contribution < -0.4 is 5.32 Å². The summed E-state index contributed by atoms with van der Waals surface area (Å²) in [6.07, 6.45) is 5.71. The number of aromatic nitrogens is 3. The van der Waals surface area contributed by atoms with Gasteiger partial charge in [0.2, 0.25) is 0 Å². The Morgan fingerprint density at radius 2 is 2.53 bits per heavy atom. The van der Waals surface area contributed by atoms with Crippen molar-refractivity contribution in [3.8, 4) is 0 Å². The molecule has 0 amide bonds. The van der Waals surface area contributed by atoms with Crippen LogP contribution in [0, 0.1) is 0 Å². The standard InChI is InChI=1S/C10H18N4O/c1-14-6-10(12-13-14)8-15-7-9-4-2-3-5-11-9/h6,9,11H,2-5,7-8H2,1H3. The zero-order valence-electron chi connectivity index (χ0n) is 9.15. The molecule has 1 atom stereocenters. The second-order valence-electron chi connectivity index (χ2n) is 4.05. The van der Waals surface area contributed by atoms with Crippen LogP contribution in [-0.4, -0.2) is 34.2 Å². The first-order valence-electron chi connectivity index (χ1n) is 5.51. The monoisotopic (exact) mass is 210 g/mol.